The van der Waals surface area contributed by atoms with Crippen LogP contribution in [0.3, 0.4) is 0 Å². The van der Waals surface area contributed by atoms with Crippen molar-refractivity contribution in [3.05, 3.63) is 42.1 Å². The number of anilines is 3. The Hall–Kier alpha value is -3.13. The van der Waals surface area contributed by atoms with Gasteiger partial charge in [0.1, 0.15) is 11.6 Å². The predicted molar refractivity (Wildman–Crippen MR) is 95.8 cm³/mol. The summed E-state index contributed by atoms with van der Waals surface area (Å²) >= 11 is 0. The van der Waals surface area contributed by atoms with Gasteiger partial charge in [-0.3, -0.25) is 9.59 Å². The number of hydrogen-bond acceptors (Lipinski definition) is 6. The van der Waals surface area contributed by atoms with Crippen molar-refractivity contribution >= 4 is 29.0 Å². The molecule has 3 heterocycles. The molecule has 0 aliphatic carbocycles. The molecular weight excluding hydrogens is 336 g/mol. The average Bonchev–Trinajstić information content (AvgIpc) is 2.68. The molecule has 0 bridgehead atoms. The van der Waals surface area contributed by atoms with Crippen LogP contribution in [0.25, 0.3) is 0 Å². The highest BCUT2D eigenvalue weighted by atomic mass is 16.5. The van der Waals surface area contributed by atoms with Gasteiger partial charge in [-0.25, -0.2) is 4.98 Å². The number of rotatable bonds is 3. The predicted octanol–water partition coefficient (Wildman–Crippen LogP) is 1.50. The lowest BCUT2D eigenvalue weighted by Crippen LogP contribution is -2.36. The number of carbonyl (C=O) groups excluding carboxylic acids is 2. The minimum absolute atomic E-state index is 0.000132. The first kappa shape index (κ1) is 16.3. The Bertz CT molecular complexity index is 832. The maximum Gasteiger partial charge on any atom is 0.262 e. The number of pyridine rings is 1. The lowest BCUT2D eigenvalue weighted by atomic mass is 10.2. The van der Waals surface area contributed by atoms with Crippen LogP contribution in [-0.4, -0.2) is 49.7 Å². The second-order valence-corrected chi connectivity index (χ2v) is 6.01. The van der Waals surface area contributed by atoms with E-state index in [4.69, 9.17) is 9.47 Å². The highest BCUT2D eigenvalue weighted by Gasteiger charge is 2.17. The Balaban J connectivity index is 1.44. The maximum atomic E-state index is 12.4. The van der Waals surface area contributed by atoms with Crippen LogP contribution in [0, 0.1) is 0 Å². The molecule has 2 aliphatic rings. The standard InChI is InChI=1S/C18H18N4O4/c23-17-11-26-15-3-2-13(9-14(15)21-17)20-18(24)12-1-4-16(19-10-12)22-5-7-25-8-6-22/h1-4,9-10H,5-8,11H2,(H,20,24)(H,21,23). The van der Waals surface area contributed by atoms with Crippen LogP contribution < -0.4 is 20.3 Å². The molecule has 2 N–H and O–H groups in total. The Labute approximate surface area is 150 Å². The number of ether oxygens (including phenoxy) is 2. The van der Waals surface area contributed by atoms with Gasteiger partial charge in [-0.05, 0) is 30.3 Å². The molecule has 1 aromatic heterocycles. The van der Waals surface area contributed by atoms with E-state index in [1.165, 1.54) is 0 Å². The third kappa shape index (κ3) is 3.45. The molecule has 0 spiro atoms. The SMILES string of the molecule is O=C1COc2ccc(NC(=O)c3ccc(N4CCOCC4)nc3)cc2N1. The van der Waals surface area contributed by atoms with Crippen LogP contribution in [-0.2, 0) is 9.53 Å². The van der Waals surface area contributed by atoms with Gasteiger partial charge in [-0.15, -0.1) is 0 Å². The zero-order valence-corrected chi connectivity index (χ0v) is 14.0. The summed E-state index contributed by atoms with van der Waals surface area (Å²) < 4.78 is 10.6. The van der Waals surface area contributed by atoms with E-state index in [0.29, 0.717) is 35.9 Å². The molecule has 1 fully saturated rings. The van der Waals surface area contributed by atoms with Crippen LogP contribution >= 0.6 is 0 Å². The minimum atomic E-state index is -0.269. The van der Waals surface area contributed by atoms with Gasteiger partial charge >= 0.3 is 0 Å². The highest BCUT2D eigenvalue weighted by molar-refractivity contribution is 6.05. The van der Waals surface area contributed by atoms with E-state index in [1.807, 2.05) is 6.07 Å². The van der Waals surface area contributed by atoms with Gasteiger partial charge in [0, 0.05) is 25.0 Å². The number of hydrogen-bond donors (Lipinski definition) is 2. The van der Waals surface area contributed by atoms with Gasteiger partial charge in [-0.2, -0.15) is 0 Å². The van der Waals surface area contributed by atoms with E-state index >= 15 is 0 Å². The van der Waals surface area contributed by atoms with E-state index in [0.717, 1.165) is 18.9 Å². The summed E-state index contributed by atoms with van der Waals surface area (Å²) in [6.07, 6.45) is 1.56. The molecule has 26 heavy (non-hydrogen) atoms. The highest BCUT2D eigenvalue weighted by Crippen LogP contribution is 2.30. The zero-order valence-electron chi connectivity index (χ0n) is 14.0. The summed E-state index contributed by atoms with van der Waals surface area (Å²) in [6, 6.07) is 8.69. The normalized spacial score (nSPS) is 16.3. The van der Waals surface area contributed by atoms with E-state index in [2.05, 4.69) is 20.5 Å². The smallest absolute Gasteiger partial charge is 0.262 e. The molecule has 2 aliphatic heterocycles. The summed E-state index contributed by atoms with van der Waals surface area (Å²) in [6.45, 7) is 2.95. The third-order valence-electron chi connectivity index (χ3n) is 4.22. The molecule has 8 nitrogen and oxygen atoms in total. The zero-order chi connectivity index (χ0) is 17.9. The van der Waals surface area contributed by atoms with Gasteiger partial charge in [-0.1, -0.05) is 0 Å². The topological polar surface area (TPSA) is 92.8 Å². The fourth-order valence-corrected chi connectivity index (χ4v) is 2.86. The van der Waals surface area contributed by atoms with Crippen molar-refractivity contribution in [3.63, 3.8) is 0 Å². The fraction of sp³-hybridized carbons (Fsp3) is 0.278. The molecular formula is C18H18N4O4. The molecule has 0 atom stereocenters. The molecule has 134 valence electrons. The van der Waals surface area contributed by atoms with Crippen molar-refractivity contribution in [2.24, 2.45) is 0 Å². The van der Waals surface area contributed by atoms with Crippen molar-refractivity contribution in [3.8, 4) is 5.75 Å². The summed E-state index contributed by atoms with van der Waals surface area (Å²) in [4.78, 5) is 30.3. The Kier molecular flexibility index (Phi) is 4.40. The van der Waals surface area contributed by atoms with Crippen LogP contribution in [0.4, 0.5) is 17.2 Å². The van der Waals surface area contributed by atoms with Crippen molar-refractivity contribution in [2.45, 2.75) is 0 Å². The molecule has 4 rings (SSSR count). The molecule has 1 aromatic carbocycles. The number of nitrogens with one attached hydrogen (secondary N) is 2. The van der Waals surface area contributed by atoms with Gasteiger partial charge in [0.25, 0.3) is 11.8 Å². The van der Waals surface area contributed by atoms with E-state index in [9.17, 15) is 9.59 Å². The van der Waals surface area contributed by atoms with Gasteiger partial charge in [0.15, 0.2) is 6.61 Å². The van der Waals surface area contributed by atoms with E-state index in [-0.39, 0.29) is 18.4 Å². The second-order valence-electron chi connectivity index (χ2n) is 6.01. The average molecular weight is 354 g/mol. The number of benzene rings is 1. The summed E-state index contributed by atoms with van der Waals surface area (Å²) in [7, 11) is 0. The number of amides is 2. The van der Waals surface area contributed by atoms with Crippen LogP contribution in [0.5, 0.6) is 5.75 Å². The number of aromatic nitrogens is 1. The molecule has 0 unspecified atom stereocenters. The largest absolute Gasteiger partial charge is 0.482 e. The number of fused-ring (bicyclic) bond motifs is 1. The van der Waals surface area contributed by atoms with Crippen molar-refractivity contribution in [2.75, 3.05) is 48.4 Å². The molecule has 2 amide bonds. The summed E-state index contributed by atoms with van der Waals surface area (Å²) in [5.41, 5.74) is 1.57. The summed E-state index contributed by atoms with van der Waals surface area (Å²) in [5.74, 6) is 0.926. The van der Waals surface area contributed by atoms with Gasteiger partial charge in [0.05, 0.1) is 24.5 Å². The number of carbonyl (C=O) groups is 2. The minimum Gasteiger partial charge on any atom is -0.482 e. The van der Waals surface area contributed by atoms with Gasteiger partial charge in [0.2, 0.25) is 0 Å². The fourth-order valence-electron chi connectivity index (χ4n) is 2.86. The quantitative estimate of drug-likeness (QED) is 0.868. The third-order valence-corrected chi connectivity index (χ3v) is 4.22. The number of morpholine rings is 1. The first-order valence-electron chi connectivity index (χ1n) is 8.36. The Morgan fingerprint density at radius 2 is 2.04 bits per heavy atom. The van der Waals surface area contributed by atoms with Crippen molar-refractivity contribution in [1.82, 2.24) is 4.98 Å². The van der Waals surface area contributed by atoms with Crippen LogP contribution in [0.2, 0.25) is 0 Å². The monoisotopic (exact) mass is 354 g/mol. The Morgan fingerprint density at radius 3 is 2.81 bits per heavy atom. The number of nitrogens with zero attached hydrogens (tertiary/aromatic N) is 2. The second kappa shape index (κ2) is 7.01. The van der Waals surface area contributed by atoms with Crippen molar-refractivity contribution in [1.29, 1.82) is 0 Å². The lowest BCUT2D eigenvalue weighted by molar-refractivity contribution is -0.118. The van der Waals surface area contributed by atoms with E-state index in [1.54, 1.807) is 30.5 Å². The molecule has 8 heteroatoms. The molecule has 0 radical (unpaired) electrons. The van der Waals surface area contributed by atoms with E-state index < -0.39 is 0 Å². The maximum absolute atomic E-state index is 12.4. The van der Waals surface area contributed by atoms with Crippen LogP contribution in [0.15, 0.2) is 36.5 Å². The summed E-state index contributed by atoms with van der Waals surface area (Å²) in [5, 5.41) is 5.52. The van der Waals surface area contributed by atoms with Crippen LogP contribution in [0.1, 0.15) is 10.4 Å². The first-order valence-corrected chi connectivity index (χ1v) is 8.36. The first-order chi connectivity index (χ1) is 12.7. The molecule has 0 saturated carbocycles. The van der Waals surface area contributed by atoms with Gasteiger partial charge < -0.3 is 25.0 Å². The molecule has 2 aromatic rings. The van der Waals surface area contributed by atoms with Crippen molar-refractivity contribution < 1.29 is 19.1 Å². The Morgan fingerprint density at radius 1 is 1.19 bits per heavy atom. The molecule has 1 saturated heterocycles. The lowest BCUT2D eigenvalue weighted by Gasteiger charge is -2.27.